The van der Waals surface area contributed by atoms with Crippen LogP contribution in [0.2, 0.25) is 5.02 Å². The van der Waals surface area contributed by atoms with Crippen LogP contribution in [0.5, 0.6) is 0 Å². The molecule has 3 aromatic rings. The Kier molecular flexibility index (Phi) is 8.82. The van der Waals surface area contributed by atoms with Crippen molar-refractivity contribution in [2.24, 2.45) is 0 Å². The number of benzene rings is 2. The van der Waals surface area contributed by atoms with E-state index in [1.807, 2.05) is 29.2 Å². The lowest BCUT2D eigenvalue weighted by molar-refractivity contribution is -0.124. The Morgan fingerprint density at radius 2 is 1.81 bits per heavy atom. The van der Waals surface area contributed by atoms with Crippen molar-refractivity contribution >= 4 is 66.4 Å². The average Bonchev–Trinajstić information content (AvgIpc) is 3.52. The van der Waals surface area contributed by atoms with Gasteiger partial charge in [-0.25, -0.2) is 13.4 Å². The molecule has 0 spiro atoms. The Morgan fingerprint density at radius 1 is 1.14 bits per heavy atom. The first kappa shape index (κ1) is 28.3. The summed E-state index contributed by atoms with van der Waals surface area (Å²) in [5, 5.41) is 1.26. The van der Waals surface area contributed by atoms with Crippen molar-refractivity contribution < 1.29 is 17.9 Å². The summed E-state index contributed by atoms with van der Waals surface area (Å²) in [5.74, 6) is 0.0537. The largest absolute Gasteiger partial charge is 0.379 e. The van der Waals surface area contributed by atoms with E-state index in [4.69, 9.17) is 21.3 Å². The predicted molar refractivity (Wildman–Crippen MR) is 151 cm³/mol. The minimum absolute atomic E-state index is 0. The van der Waals surface area contributed by atoms with Crippen molar-refractivity contribution in [3.05, 3.63) is 53.1 Å². The molecule has 1 aliphatic heterocycles. The van der Waals surface area contributed by atoms with E-state index in [0.29, 0.717) is 35.4 Å². The molecule has 1 aliphatic carbocycles. The van der Waals surface area contributed by atoms with Gasteiger partial charge in [0.05, 0.1) is 33.7 Å². The molecule has 0 bridgehead atoms. The second kappa shape index (κ2) is 11.6. The highest BCUT2D eigenvalue weighted by Crippen LogP contribution is 2.44. The topological polar surface area (TPSA) is 79.8 Å². The molecular weight excluding hydrogens is 553 g/mol. The van der Waals surface area contributed by atoms with Gasteiger partial charge < -0.3 is 4.74 Å². The van der Waals surface area contributed by atoms with Crippen LogP contribution < -0.4 is 4.90 Å². The molecule has 0 N–H and O–H groups in total. The van der Waals surface area contributed by atoms with E-state index in [-0.39, 0.29) is 23.2 Å². The zero-order chi connectivity index (χ0) is 25.3. The summed E-state index contributed by atoms with van der Waals surface area (Å²) in [6.45, 7) is 4.28. The summed E-state index contributed by atoms with van der Waals surface area (Å²) in [7, 11) is -3.34. The van der Waals surface area contributed by atoms with E-state index in [0.717, 1.165) is 55.6 Å². The molecule has 11 heteroatoms. The second-order valence-electron chi connectivity index (χ2n) is 9.61. The molecule has 5 rings (SSSR count). The summed E-state index contributed by atoms with van der Waals surface area (Å²) in [6, 6.07) is 12.6. The number of nitrogens with zero attached hydrogens (tertiary/aromatic N) is 3. The maximum absolute atomic E-state index is 14.4. The Hall–Kier alpha value is -1.75. The summed E-state index contributed by atoms with van der Waals surface area (Å²) < 4.78 is 30.4. The molecule has 0 radical (unpaired) electrons. The minimum Gasteiger partial charge on any atom is -0.379 e. The third-order valence-electron chi connectivity index (χ3n) is 7.26. The molecule has 2 heterocycles. The molecule has 37 heavy (non-hydrogen) atoms. The van der Waals surface area contributed by atoms with Crippen LogP contribution in [0.1, 0.15) is 31.2 Å². The maximum atomic E-state index is 14.4. The van der Waals surface area contributed by atoms with Gasteiger partial charge in [0.15, 0.2) is 15.0 Å². The molecule has 7 nitrogen and oxygen atoms in total. The first-order chi connectivity index (χ1) is 17.3. The van der Waals surface area contributed by atoms with Crippen molar-refractivity contribution in [3.63, 3.8) is 0 Å². The standard InChI is InChI=1S/C26H30ClN3O4S2.ClH/c1-36(32,33)21-8-9-22-23(18-21)35-25(28-22)30(13-12-29-14-16-34-17-15-29)24(31)26(10-2-3-11-26)19-4-6-20(27)7-5-19;/h4-9,18H,2-3,10-17H2,1H3;1H. The monoisotopic (exact) mass is 583 g/mol. The molecule has 0 unspecified atom stereocenters. The third-order valence-corrected chi connectivity index (χ3v) is 9.66. The summed E-state index contributed by atoms with van der Waals surface area (Å²) >= 11 is 7.54. The Bertz CT molecular complexity index is 1350. The number of hydrogen-bond acceptors (Lipinski definition) is 7. The number of anilines is 1. The number of amides is 1. The number of sulfone groups is 1. The van der Waals surface area contributed by atoms with Crippen LogP contribution in [-0.4, -0.2) is 69.9 Å². The number of hydrogen-bond donors (Lipinski definition) is 0. The van der Waals surface area contributed by atoms with E-state index in [9.17, 15) is 13.2 Å². The molecule has 1 saturated heterocycles. The highest BCUT2D eigenvalue weighted by molar-refractivity contribution is 7.90. The number of halogens is 2. The fourth-order valence-corrected chi connectivity index (χ4v) is 7.10. The number of rotatable bonds is 7. The number of carbonyl (C=O) groups is 1. The zero-order valence-electron chi connectivity index (χ0n) is 20.7. The van der Waals surface area contributed by atoms with Crippen molar-refractivity contribution in [3.8, 4) is 0 Å². The van der Waals surface area contributed by atoms with Crippen LogP contribution >= 0.6 is 35.3 Å². The van der Waals surface area contributed by atoms with Gasteiger partial charge in [0.2, 0.25) is 5.91 Å². The van der Waals surface area contributed by atoms with Gasteiger partial charge in [0.25, 0.3) is 0 Å². The molecule has 2 aliphatic rings. The maximum Gasteiger partial charge on any atom is 0.239 e. The number of morpholine rings is 1. The molecular formula is C26H31Cl2N3O4S2. The quantitative estimate of drug-likeness (QED) is 0.391. The molecule has 2 fully saturated rings. The van der Waals surface area contributed by atoms with E-state index < -0.39 is 15.3 Å². The lowest BCUT2D eigenvalue weighted by atomic mass is 9.77. The Labute approximate surface area is 233 Å². The van der Waals surface area contributed by atoms with E-state index in [1.165, 1.54) is 17.6 Å². The summed E-state index contributed by atoms with van der Waals surface area (Å²) in [4.78, 5) is 23.6. The number of ether oxygens (including phenoxy) is 1. The normalized spacial score (nSPS) is 18.0. The summed E-state index contributed by atoms with van der Waals surface area (Å²) in [5.41, 5.74) is 1.07. The lowest BCUT2D eigenvalue weighted by Crippen LogP contribution is -2.49. The minimum atomic E-state index is -3.34. The smallest absolute Gasteiger partial charge is 0.239 e. The van der Waals surface area contributed by atoms with Crippen LogP contribution in [0.3, 0.4) is 0 Å². The SMILES string of the molecule is CS(=O)(=O)c1ccc2nc(N(CCN3CCOCC3)C(=O)C3(c4ccc(Cl)cc4)CCCC3)sc2c1.Cl. The van der Waals surface area contributed by atoms with Crippen LogP contribution in [0.4, 0.5) is 5.13 Å². The van der Waals surface area contributed by atoms with Gasteiger partial charge in [-0.3, -0.25) is 14.6 Å². The number of fused-ring (bicyclic) bond motifs is 1. The van der Waals surface area contributed by atoms with Gasteiger partial charge in [0.1, 0.15) is 0 Å². The fourth-order valence-electron chi connectivity index (χ4n) is 5.22. The van der Waals surface area contributed by atoms with Gasteiger partial charge in [-0.05, 0) is 48.7 Å². The third kappa shape index (κ3) is 5.97. The number of aromatic nitrogens is 1. The van der Waals surface area contributed by atoms with Crippen molar-refractivity contribution in [1.82, 2.24) is 9.88 Å². The Morgan fingerprint density at radius 3 is 2.46 bits per heavy atom. The van der Waals surface area contributed by atoms with Crippen LogP contribution in [0.15, 0.2) is 47.4 Å². The highest BCUT2D eigenvalue weighted by Gasteiger charge is 2.46. The molecule has 200 valence electrons. The molecule has 0 atom stereocenters. The van der Waals surface area contributed by atoms with Crippen LogP contribution in [0, 0.1) is 0 Å². The number of thiazole rings is 1. The van der Waals surface area contributed by atoms with Gasteiger partial charge in [-0.1, -0.05) is 47.9 Å². The lowest BCUT2D eigenvalue weighted by Gasteiger charge is -2.35. The average molecular weight is 585 g/mol. The molecule has 1 saturated carbocycles. The molecule has 2 aromatic carbocycles. The van der Waals surface area contributed by atoms with Gasteiger partial charge in [-0.2, -0.15) is 0 Å². The van der Waals surface area contributed by atoms with E-state index >= 15 is 0 Å². The number of carbonyl (C=O) groups excluding carboxylic acids is 1. The highest BCUT2D eigenvalue weighted by atomic mass is 35.5. The fraction of sp³-hybridized carbons (Fsp3) is 0.462. The second-order valence-corrected chi connectivity index (χ2v) is 13.1. The van der Waals surface area contributed by atoms with Crippen molar-refractivity contribution in [2.45, 2.75) is 36.0 Å². The van der Waals surface area contributed by atoms with Crippen LogP contribution in [0.25, 0.3) is 10.2 Å². The first-order valence-electron chi connectivity index (χ1n) is 12.3. The Balaban J connectivity index is 0.00000320. The molecule has 1 amide bonds. The van der Waals surface area contributed by atoms with Gasteiger partial charge >= 0.3 is 0 Å². The first-order valence-corrected chi connectivity index (χ1v) is 15.3. The van der Waals surface area contributed by atoms with E-state index in [1.54, 1.807) is 18.2 Å². The molecule has 1 aromatic heterocycles. The van der Waals surface area contributed by atoms with Crippen molar-refractivity contribution in [2.75, 3.05) is 50.5 Å². The van der Waals surface area contributed by atoms with Gasteiger partial charge in [0, 0.05) is 37.5 Å². The van der Waals surface area contributed by atoms with Crippen molar-refractivity contribution in [1.29, 1.82) is 0 Å². The zero-order valence-corrected chi connectivity index (χ0v) is 23.9. The van der Waals surface area contributed by atoms with Crippen LogP contribution in [-0.2, 0) is 24.8 Å². The van der Waals surface area contributed by atoms with E-state index in [2.05, 4.69) is 4.90 Å². The summed E-state index contributed by atoms with van der Waals surface area (Å²) in [6.07, 6.45) is 4.74. The van der Waals surface area contributed by atoms with Gasteiger partial charge in [-0.15, -0.1) is 12.4 Å². The predicted octanol–water partition coefficient (Wildman–Crippen LogP) is 4.95.